The van der Waals surface area contributed by atoms with Gasteiger partial charge in [-0.25, -0.2) is 0 Å². The van der Waals surface area contributed by atoms with Gasteiger partial charge < -0.3 is 9.47 Å². The summed E-state index contributed by atoms with van der Waals surface area (Å²) in [6.45, 7) is -0.955. The van der Waals surface area contributed by atoms with Gasteiger partial charge in [0.25, 0.3) is 0 Å². The summed E-state index contributed by atoms with van der Waals surface area (Å²) in [5, 5.41) is 0. The predicted octanol–water partition coefficient (Wildman–Crippen LogP) is 15.3. The minimum Gasteiger partial charge on any atom is -0.435 e. The molecule has 2 aromatic carbocycles. The molecule has 4 aliphatic rings. The Morgan fingerprint density at radius 1 is 0.491 bits per heavy atom. The maximum atomic E-state index is 12.3. The van der Waals surface area contributed by atoms with Crippen LogP contribution in [0.1, 0.15) is 172 Å². The molecule has 0 bridgehead atoms. The van der Waals surface area contributed by atoms with E-state index in [1.807, 2.05) is 24.3 Å². The molecule has 0 radical (unpaired) electrons. The average Bonchev–Trinajstić information content (AvgIpc) is 3.18. The maximum absolute atomic E-state index is 12.3. The van der Waals surface area contributed by atoms with Crippen LogP contribution in [0.15, 0.2) is 71.8 Å². The van der Waals surface area contributed by atoms with Crippen LogP contribution in [0.3, 0.4) is 0 Å². The van der Waals surface area contributed by atoms with Gasteiger partial charge in [-0.15, -0.1) is 0 Å². The van der Waals surface area contributed by atoms with E-state index in [1.54, 1.807) is 35.4 Å². The number of benzene rings is 2. The number of alkyl halides is 4. The molecule has 0 aromatic heterocycles. The quantitative estimate of drug-likeness (QED) is 0.103. The molecule has 2 aromatic rings. The van der Waals surface area contributed by atoms with Gasteiger partial charge in [-0.05, 0) is 186 Å². The number of halogens is 4. The Morgan fingerprint density at radius 2 is 0.887 bits per heavy atom. The summed E-state index contributed by atoms with van der Waals surface area (Å²) in [6, 6.07) is 14.6. The largest absolute Gasteiger partial charge is 0.435 e. The molecule has 294 valence electrons. The SMILES string of the molecule is CCCCC1=CCC([C@H]2CC[C@H](c3ccc(OC(F)F)cc3)CC2)CC1.CCCCCC1=CCC([C@H]2CC[C@H](c3ccc(OC(F)F)cc3)CC2)CC1. The van der Waals surface area contributed by atoms with Gasteiger partial charge in [0.2, 0.25) is 0 Å². The topological polar surface area (TPSA) is 18.5 Å². The smallest absolute Gasteiger partial charge is 0.387 e. The van der Waals surface area contributed by atoms with Gasteiger partial charge in [0, 0.05) is 0 Å². The Kier molecular flexibility index (Phi) is 17.2. The number of ether oxygens (including phenoxy) is 2. The predicted molar refractivity (Wildman–Crippen MR) is 210 cm³/mol. The van der Waals surface area contributed by atoms with Crippen molar-refractivity contribution in [2.45, 2.75) is 174 Å². The number of hydrogen-bond donors (Lipinski definition) is 0. The third kappa shape index (κ3) is 13.5. The third-order valence-electron chi connectivity index (χ3n) is 13.1. The van der Waals surface area contributed by atoms with E-state index in [0.717, 1.165) is 23.7 Å². The molecule has 2 atom stereocenters. The Bertz CT molecular complexity index is 1370. The first kappa shape index (κ1) is 41.4. The normalized spacial score (nSPS) is 26.3. The van der Waals surface area contributed by atoms with Crippen LogP contribution >= 0.6 is 0 Å². The Hall–Kier alpha value is -2.76. The molecule has 0 N–H and O–H groups in total. The van der Waals surface area contributed by atoms with Gasteiger partial charge in [0.05, 0.1) is 0 Å². The number of hydrogen-bond acceptors (Lipinski definition) is 2. The zero-order chi connectivity index (χ0) is 37.4. The molecule has 2 fully saturated rings. The van der Waals surface area contributed by atoms with E-state index in [-0.39, 0.29) is 11.5 Å². The third-order valence-corrected chi connectivity index (χ3v) is 13.1. The maximum Gasteiger partial charge on any atom is 0.387 e. The summed E-state index contributed by atoms with van der Waals surface area (Å²) in [5.74, 6) is 5.16. The molecule has 2 nitrogen and oxygen atoms in total. The van der Waals surface area contributed by atoms with Crippen LogP contribution in [0.2, 0.25) is 0 Å². The van der Waals surface area contributed by atoms with Crippen LogP contribution in [0.4, 0.5) is 17.6 Å². The van der Waals surface area contributed by atoms with E-state index in [1.165, 1.54) is 146 Å². The fourth-order valence-electron chi connectivity index (χ4n) is 9.82. The van der Waals surface area contributed by atoms with E-state index in [9.17, 15) is 17.6 Å². The van der Waals surface area contributed by atoms with E-state index in [4.69, 9.17) is 0 Å². The molecular weight excluding hydrogens is 673 g/mol. The molecule has 0 heterocycles. The summed E-state index contributed by atoms with van der Waals surface area (Å²) in [6.07, 6.45) is 32.5. The average molecular weight is 739 g/mol. The van der Waals surface area contributed by atoms with Gasteiger partial charge in [0.15, 0.2) is 0 Å². The Morgan fingerprint density at radius 3 is 1.23 bits per heavy atom. The summed E-state index contributed by atoms with van der Waals surface area (Å²) in [7, 11) is 0. The molecule has 6 rings (SSSR count). The summed E-state index contributed by atoms with van der Waals surface area (Å²) >= 11 is 0. The van der Waals surface area contributed by atoms with Crippen molar-refractivity contribution in [1.29, 1.82) is 0 Å². The van der Waals surface area contributed by atoms with Gasteiger partial charge in [-0.2, -0.15) is 17.6 Å². The highest BCUT2D eigenvalue weighted by Gasteiger charge is 2.30. The zero-order valence-electron chi connectivity index (χ0n) is 32.6. The first-order chi connectivity index (χ1) is 25.8. The van der Waals surface area contributed by atoms with Gasteiger partial charge in [-0.1, -0.05) is 80.7 Å². The molecule has 53 heavy (non-hydrogen) atoms. The Labute approximate surface area is 318 Å². The number of allylic oxidation sites excluding steroid dienone is 4. The number of unbranched alkanes of at least 4 members (excludes halogenated alkanes) is 3. The highest BCUT2D eigenvalue weighted by Crippen LogP contribution is 2.45. The minimum absolute atomic E-state index is 0.255. The zero-order valence-corrected chi connectivity index (χ0v) is 32.6. The lowest BCUT2D eigenvalue weighted by Gasteiger charge is -2.35. The summed E-state index contributed by atoms with van der Waals surface area (Å²) in [5.41, 5.74) is 5.95. The highest BCUT2D eigenvalue weighted by atomic mass is 19.3. The van der Waals surface area contributed by atoms with Crippen LogP contribution in [0.5, 0.6) is 11.5 Å². The standard InChI is InChI=1S/C24H34F2O.C23H32F2O/c1-2-3-4-5-18-6-8-19(9-7-18)20-10-12-21(13-11-20)22-14-16-23(17-15-22)27-24(25)26;1-2-3-4-17-5-7-18(8-6-17)19-9-11-20(12-10-19)21-13-15-22(16-14-21)26-23(24)25/h6,14-17,19-21,24H,2-5,7-13H2,1H3;5,13-16,18-20,23H,2-4,6-12H2,1H3/t19?,20-,21-;18?,19-,20-. The Balaban J connectivity index is 0.000000204. The second kappa shape index (κ2) is 22.0. The second-order valence-electron chi connectivity index (χ2n) is 16.5. The van der Waals surface area contributed by atoms with E-state index in [0.29, 0.717) is 11.8 Å². The lowest BCUT2D eigenvalue weighted by atomic mass is 9.70. The molecule has 4 aliphatic carbocycles. The summed E-state index contributed by atoms with van der Waals surface area (Å²) in [4.78, 5) is 0. The lowest BCUT2D eigenvalue weighted by Crippen LogP contribution is -2.22. The number of rotatable bonds is 15. The molecule has 0 aliphatic heterocycles. The van der Waals surface area contributed by atoms with E-state index < -0.39 is 13.2 Å². The van der Waals surface area contributed by atoms with E-state index in [2.05, 4.69) is 35.5 Å². The molecule has 0 amide bonds. The van der Waals surface area contributed by atoms with Crippen molar-refractivity contribution in [3.8, 4) is 11.5 Å². The fraction of sp³-hybridized carbons (Fsp3) is 0.660. The van der Waals surface area contributed by atoms with Crippen molar-refractivity contribution in [2.24, 2.45) is 23.7 Å². The van der Waals surface area contributed by atoms with Crippen LogP contribution in [0, 0.1) is 23.7 Å². The van der Waals surface area contributed by atoms with Crippen LogP contribution in [0.25, 0.3) is 0 Å². The van der Waals surface area contributed by atoms with Crippen LogP contribution in [-0.4, -0.2) is 13.2 Å². The van der Waals surface area contributed by atoms with Crippen molar-refractivity contribution < 1.29 is 27.0 Å². The lowest BCUT2D eigenvalue weighted by molar-refractivity contribution is -0.0505. The van der Waals surface area contributed by atoms with Crippen LogP contribution in [-0.2, 0) is 0 Å². The molecule has 2 saturated carbocycles. The second-order valence-corrected chi connectivity index (χ2v) is 16.5. The van der Waals surface area contributed by atoms with Crippen molar-refractivity contribution in [2.75, 3.05) is 0 Å². The van der Waals surface area contributed by atoms with Crippen molar-refractivity contribution in [3.05, 3.63) is 83.0 Å². The molecule has 0 saturated heterocycles. The molecule has 0 spiro atoms. The first-order valence-electron chi connectivity index (χ1n) is 21.3. The van der Waals surface area contributed by atoms with Gasteiger partial charge in [-0.3, -0.25) is 0 Å². The first-order valence-corrected chi connectivity index (χ1v) is 21.3. The summed E-state index contributed by atoms with van der Waals surface area (Å²) < 4.78 is 58.0. The van der Waals surface area contributed by atoms with Gasteiger partial charge >= 0.3 is 13.2 Å². The molecule has 2 unspecified atom stereocenters. The minimum atomic E-state index is -2.75. The highest BCUT2D eigenvalue weighted by molar-refractivity contribution is 5.31. The monoisotopic (exact) mass is 738 g/mol. The fourth-order valence-corrected chi connectivity index (χ4v) is 9.82. The van der Waals surface area contributed by atoms with Crippen LogP contribution < -0.4 is 9.47 Å². The van der Waals surface area contributed by atoms with Crippen molar-refractivity contribution in [1.82, 2.24) is 0 Å². The van der Waals surface area contributed by atoms with Gasteiger partial charge in [0.1, 0.15) is 11.5 Å². The van der Waals surface area contributed by atoms with E-state index >= 15 is 0 Å². The molecular formula is C47H66F4O2. The van der Waals surface area contributed by atoms with Crippen molar-refractivity contribution in [3.63, 3.8) is 0 Å². The molecule has 6 heteroatoms. The van der Waals surface area contributed by atoms with Crippen molar-refractivity contribution >= 4 is 0 Å².